The van der Waals surface area contributed by atoms with E-state index < -0.39 is 12.5 Å². The van der Waals surface area contributed by atoms with Crippen LogP contribution in [0.15, 0.2) is 66.9 Å². The van der Waals surface area contributed by atoms with Crippen molar-refractivity contribution in [1.29, 1.82) is 0 Å². The minimum Gasteiger partial charge on any atom is -0.497 e. The molecule has 2 aromatic carbocycles. The van der Waals surface area contributed by atoms with Gasteiger partial charge >= 0.3 is 6.36 Å². The molecular weight excluding hydrogens is 411 g/mol. The summed E-state index contributed by atoms with van der Waals surface area (Å²) in [7, 11) is 1.58. The Bertz CT molecular complexity index is 1070. The van der Waals surface area contributed by atoms with E-state index in [1.807, 2.05) is 24.3 Å². The number of nitrogens with one attached hydrogen (secondary N) is 1. The number of anilines is 1. The van der Waals surface area contributed by atoms with E-state index in [-0.39, 0.29) is 11.7 Å². The fourth-order valence-electron chi connectivity index (χ4n) is 3.38. The molecule has 1 aromatic heterocycles. The molecule has 3 aromatic rings. The average Bonchev–Trinajstić information content (AvgIpc) is 3.01. The Kier molecular flexibility index (Phi) is 5.41. The van der Waals surface area contributed by atoms with Gasteiger partial charge in [-0.3, -0.25) is 9.78 Å². The highest BCUT2D eigenvalue weighted by atomic mass is 19.4. The Morgan fingerprint density at radius 2 is 1.71 bits per heavy atom. The van der Waals surface area contributed by atoms with E-state index in [0.717, 1.165) is 5.56 Å². The van der Waals surface area contributed by atoms with Gasteiger partial charge in [-0.25, -0.2) is 0 Å². The molecule has 0 aliphatic carbocycles. The minimum atomic E-state index is -4.76. The molecule has 1 aliphatic rings. The zero-order valence-corrected chi connectivity index (χ0v) is 16.4. The van der Waals surface area contributed by atoms with E-state index in [9.17, 15) is 18.0 Å². The first kappa shape index (κ1) is 20.5. The lowest BCUT2D eigenvalue weighted by atomic mass is 10.2. The third kappa shape index (κ3) is 4.55. The van der Waals surface area contributed by atoms with Crippen molar-refractivity contribution in [3.05, 3.63) is 83.7 Å². The van der Waals surface area contributed by atoms with Crippen LogP contribution in [0.2, 0.25) is 0 Å². The molecule has 0 saturated heterocycles. The quantitative estimate of drug-likeness (QED) is 0.613. The highest BCUT2D eigenvalue weighted by Crippen LogP contribution is 2.35. The largest absolute Gasteiger partial charge is 0.573 e. The molecule has 4 rings (SSSR count). The molecule has 160 valence electrons. The number of pyridine rings is 1. The molecule has 31 heavy (non-hydrogen) atoms. The molecule has 1 amide bonds. The van der Waals surface area contributed by atoms with Gasteiger partial charge in [0.1, 0.15) is 17.7 Å². The number of fused-ring (bicyclic) bond motifs is 1. The van der Waals surface area contributed by atoms with Crippen LogP contribution in [-0.2, 0) is 6.54 Å². The standard InChI is InChI=1S/C22H18F3N3O3/c1-30-16-8-4-14(5-9-16)13-28-20(19-18(21(28)29)3-2-12-26-19)27-15-6-10-17(11-7-15)31-22(23,24)25/h2-12,20,27H,13H2,1H3. The Balaban J connectivity index is 1.58. The normalized spacial score (nSPS) is 15.5. The van der Waals surface area contributed by atoms with E-state index in [0.29, 0.717) is 29.2 Å². The second kappa shape index (κ2) is 8.17. The molecular formula is C22H18F3N3O3. The zero-order valence-electron chi connectivity index (χ0n) is 16.4. The number of aromatic nitrogens is 1. The topological polar surface area (TPSA) is 63.7 Å². The SMILES string of the molecule is COc1ccc(CN2C(=O)c3cccnc3C2Nc2ccc(OC(F)(F)F)cc2)cc1. The fourth-order valence-corrected chi connectivity index (χ4v) is 3.38. The Labute approximate surface area is 176 Å². The number of methoxy groups -OCH3 is 1. The molecule has 2 heterocycles. The highest BCUT2D eigenvalue weighted by Gasteiger charge is 2.38. The predicted molar refractivity (Wildman–Crippen MR) is 107 cm³/mol. The van der Waals surface area contributed by atoms with E-state index in [2.05, 4.69) is 15.0 Å². The lowest BCUT2D eigenvalue weighted by Crippen LogP contribution is -2.32. The summed E-state index contributed by atoms with van der Waals surface area (Å²) in [6.45, 7) is 0.312. The van der Waals surface area contributed by atoms with Crippen molar-refractivity contribution in [1.82, 2.24) is 9.88 Å². The molecule has 0 radical (unpaired) electrons. The van der Waals surface area contributed by atoms with Gasteiger partial charge < -0.3 is 19.7 Å². The molecule has 6 nitrogen and oxygen atoms in total. The van der Waals surface area contributed by atoms with Gasteiger partial charge in [-0.15, -0.1) is 13.2 Å². The lowest BCUT2D eigenvalue weighted by molar-refractivity contribution is -0.274. The number of alkyl halides is 3. The maximum absolute atomic E-state index is 13.0. The first-order chi connectivity index (χ1) is 14.8. The van der Waals surface area contributed by atoms with Crippen LogP contribution in [0.25, 0.3) is 0 Å². The molecule has 1 N–H and O–H groups in total. The van der Waals surface area contributed by atoms with Gasteiger partial charge in [0.25, 0.3) is 5.91 Å². The van der Waals surface area contributed by atoms with Crippen LogP contribution < -0.4 is 14.8 Å². The maximum atomic E-state index is 13.0. The number of benzene rings is 2. The van der Waals surface area contributed by atoms with Gasteiger partial charge in [0.2, 0.25) is 0 Å². The number of hydrogen-bond acceptors (Lipinski definition) is 5. The maximum Gasteiger partial charge on any atom is 0.573 e. The molecule has 9 heteroatoms. The van der Waals surface area contributed by atoms with Crippen LogP contribution >= 0.6 is 0 Å². The number of amides is 1. The summed E-state index contributed by atoms with van der Waals surface area (Å²) in [5, 5.41) is 3.19. The Morgan fingerprint density at radius 1 is 1.03 bits per heavy atom. The smallest absolute Gasteiger partial charge is 0.497 e. The van der Waals surface area contributed by atoms with Crippen LogP contribution in [0, 0.1) is 0 Å². The molecule has 0 saturated carbocycles. The number of nitrogens with zero attached hydrogens (tertiary/aromatic N) is 2. The number of hydrogen-bond donors (Lipinski definition) is 1. The van der Waals surface area contributed by atoms with Crippen molar-refractivity contribution in [2.24, 2.45) is 0 Å². The van der Waals surface area contributed by atoms with Crippen molar-refractivity contribution < 1.29 is 27.4 Å². The van der Waals surface area contributed by atoms with E-state index >= 15 is 0 Å². The molecule has 1 unspecified atom stereocenters. The van der Waals surface area contributed by atoms with Crippen LogP contribution in [0.4, 0.5) is 18.9 Å². The summed E-state index contributed by atoms with van der Waals surface area (Å²) in [5.74, 6) is 0.194. The van der Waals surface area contributed by atoms with Crippen molar-refractivity contribution in [3.8, 4) is 11.5 Å². The van der Waals surface area contributed by atoms with Crippen molar-refractivity contribution in [2.45, 2.75) is 19.1 Å². The lowest BCUT2D eigenvalue weighted by Gasteiger charge is -2.26. The molecule has 1 atom stereocenters. The van der Waals surface area contributed by atoms with E-state index in [1.54, 1.807) is 30.3 Å². The van der Waals surface area contributed by atoms with Gasteiger partial charge in [-0.05, 0) is 54.1 Å². The second-order valence-electron chi connectivity index (χ2n) is 6.84. The average molecular weight is 429 g/mol. The summed E-state index contributed by atoms with van der Waals surface area (Å²) in [5.41, 5.74) is 2.44. The first-order valence-electron chi connectivity index (χ1n) is 9.35. The minimum absolute atomic E-state index is 0.187. The van der Waals surface area contributed by atoms with Gasteiger partial charge in [0.15, 0.2) is 0 Å². The first-order valence-corrected chi connectivity index (χ1v) is 9.35. The highest BCUT2D eigenvalue weighted by molar-refractivity contribution is 5.98. The third-order valence-electron chi connectivity index (χ3n) is 4.80. The van der Waals surface area contributed by atoms with Crippen molar-refractivity contribution in [3.63, 3.8) is 0 Å². The Morgan fingerprint density at radius 3 is 2.35 bits per heavy atom. The van der Waals surface area contributed by atoms with Crippen LogP contribution in [0.5, 0.6) is 11.5 Å². The monoisotopic (exact) mass is 429 g/mol. The van der Waals surface area contributed by atoms with Crippen LogP contribution in [0.1, 0.15) is 27.8 Å². The van der Waals surface area contributed by atoms with Crippen LogP contribution in [-0.4, -0.2) is 29.3 Å². The summed E-state index contributed by atoms with van der Waals surface area (Å²) >= 11 is 0. The van der Waals surface area contributed by atoms with Crippen molar-refractivity contribution >= 4 is 11.6 Å². The number of halogens is 3. The molecule has 0 spiro atoms. The third-order valence-corrected chi connectivity index (χ3v) is 4.80. The summed E-state index contributed by atoms with van der Waals surface area (Å²) in [6, 6.07) is 16.1. The second-order valence-corrected chi connectivity index (χ2v) is 6.84. The molecule has 0 bridgehead atoms. The number of carbonyl (C=O) groups excluding carboxylic acids is 1. The van der Waals surface area contributed by atoms with E-state index in [1.165, 1.54) is 24.3 Å². The number of carbonyl (C=O) groups is 1. The summed E-state index contributed by atoms with van der Waals surface area (Å²) in [4.78, 5) is 19.0. The van der Waals surface area contributed by atoms with Gasteiger partial charge in [0.05, 0.1) is 18.4 Å². The molecule has 1 aliphatic heterocycles. The summed E-state index contributed by atoms with van der Waals surface area (Å²) in [6.07, 6.45) is -3.75. The van der Waals surface area contributed by atoms with Crippen LogP contribution in [0.3, 0.4) is 0 Å². The van der Waals surface area contributed by atoms with E-state index in [4.69, 9.17) is 4.74 Å². The van der Waals surface area contributed by atoms with Gasteiger partial charge in [-0.2, -0.15) is 0 Å². The predicted octanol–water partition coefficient (Wildman–Crippen LogP) is 4.76. The Hall–Kier alpha value is -3.75. The fraction of sp³-hybridized carbons (Fsp3) is 0.182. The number of ether oxygens (including phenoxy) is 2. The van der Waals surface area contributed by atoms with Gasteiger partial charge in [0, 0.05) is 18.4 Å². The molecule has 0 fully saturated rings. The summed E-state index contributed by atoms with van der Waals surface area (Å²) < 4.78 is 46.2. The zero-order chi connectivity index (χ0) is 22.0. The van der Waals surface area contributed by atoms with Gasteiger partial charge in [-0.1, -0.05) is 12.1 Å². The van der Waals surface area contributed by atoms with Crippen molar-refractivity contribution in [2.75, 3.05) is 12.4 Å². The number of rotatable bonds is 6.